The van der Waals surface area contributed by atoms with Crippen LogP contribution in [0.5, 0.6) is 0 Å². The lowest BCUT2D eigenvalue weighted by atomic mass is 10.1. The van der Waals surface area contributed by atoms with Gasteiger partial charge in [0.2, 0.25) is 5.78 Å². The molecule has 0 aliphatic rings. The van der Waals surface area contributed by atoms with Crippen LogP contribution in [0.25, 0.3) is 0 Å². The van der Waals surface area contributed by atoms with Crippen LogP contribution in [0.15, 0.2) is 18.5 Å². The van der Waals surface area contributed by atoms with E-state index in [9.17, 15) is 4.79 Å². The molecule has 0 aliphatic heterocycles. The van der Waals surface area contributed by atoms with Crippen molar-refractivity contribution in [1.29, 1.82) is 0 Å². The highest BCUT2D eigenvalue weighted by Gasteiger charge is 2.17. The van der Waals surface area contributed by atoms with E-state index in [0.717, 1.165) is 0 Å². The minimum Gasteiger partial charge on any atom is -0.383 e. The van der Waals surface area contributed by atoms with E-state index < -0.39 is 0 Å². The minimum absolute atomic E-state index is 0.106. The molecular weight excluding hydrogens is 230 g/mol. The number of aromatic nitrogens is 3. The lowest BCUT2D eigenvalue weighted by Gasteiger charge is -2.03. The molecule has 2 rings (SSSR count). The van der Waals surface area contributed by atoms with Gasteiger partial charge in [0, 0.05) is 6.20 Å². The molecule has 0 fully saturated rings. The smallest absolute Gasteiger partial charge is 0.202 e. The molecule has 0 spiro atoms. The lowest BCUT2D eigenvalue weighted by molar-refractivity contribution is 0.104. The first-order chi connectivity index (χ1) is 7.59. The van der Waals surface area contributed by atoms with Crippen LogP contribution in [-0.2, 0) is 0 Å². The first-order valence-electron chi connectivity index (χ1n) is 4.34. The molecule has 0 atom stereocenters. The van der Waals surface area contributed by atoms with Crippen LogP contribution >= 0.6 is 11.6 Å². The van der Waals surface area contributed by atoms with Crippen LogP contribution in [0.1, 0.15) is 15.9 Å². The van der Waals surface area contributed by atoms with Gasteiger partial charge in [-0.3, -0.25) is 9.89 Å². The molecule has 5 N–H and O–H groups in total. The summed E-state index contributed by atoms with van der Waals surface area (Å²) < 4.78 is 0. The molecule has 82 valence electrons. The summed E-state index contributed by atoms with van der Waals surface area (Å²) >= 11 is 5.74. The van der Waals surface area contributed by atoms with Gasteiger partial charge in [0.05, 0.1) is 22.3 Å². The highest BCUT2D eigenvalue weighted by molar-refractivity contribution is 6.31. The molecule has 0 aliphatic carbocycles. The molecule has 16 heavy (non-hydrogen) atoms. The van der Waals surface area contributed by atoms with Crippen molar-refractivity contribution in [1.82, 2.24) is 15.2 Å². The molecule has 0 unspecified atom stereocenters. The van der Waals surface area contributed by atoms with Crippen LogP contribution in [-0.4, -0.2) is 21.0 Å². The van der Waals surface area contributed by atoms with E-state index in [0.29, 0.717) is 5.02 Å². The van der Waals surface area contributed by atoms with Gasteiger partial charge in [-0.25, -0.2) is 4.98 Å². The van der Waals surface area contributed by atoms with Crippen molar-refractivity contribution in [3.63, 3.8) is 0 Å². The number of carbonyl (C=O) groups excluding carboxylic acids is 1. The molecule has 0 radical (unpaired) electrons. The summed E-state index contributed by atoms with van der Waals surface area (Å²) in [4.78, 5) is 15.8. The molecule has 2 heterocycles. The van der Waals surface area contributed by atoms with Crippen LogP contribution in [0.3, 0.4) is 0 Å². The second kappa shape index (κ2) is 3.82. The number of anilines is 2. The number of nitrogens with one attached hydrogen (secondary N) is 1. The molecule has 0 saturated carbocycles. The lowest BCUT2D eigenvalue weighted by Crippen LogP contribution is -2.08. The fraction of sp³-hybridized carbons (Fsp3) is 0. The van der Waals surface area contributed by atoms with E-state index in [4.69, 9.17) is 23.1 Å². The molecule has 0 aromatic carbocycles. The highest BCUT2D eigenvalue weighted by atomic mass is 35.5. The van der Waals surface area contributed by atoms with Crippen molar-refractivity contribution in [3.8, 4) is 0 Å². The molecule has 7 heteroatoms. The number of nitrogens with zero attached hydrogens (tertiary/aromatic N) is 2. The van der Waals surface area contributed by atoms with Gasteiger partial charge in [0.1, 0.15) is 11.6 Å². The zero-order valence-electron chi connectivity index (χ0n) is 8.07. The first-order valence-corrected chi connectivity index (χ1v) is 4.72. The number of ketones is 1. The third kappa shape index (κ3) is 1.70. The Labute approximate surface area is 95.6 Å². The number of rotatable bonds is 2. The van der Waals surface area contributed by atoms with Crippen LogP contribution in [0, 0.1) is 0 Å². The molecule has 2 aromatic heterocycles. The Morgan fingerprint density at radius 1 is 1.31 bits per heavy atom. The van der Waals surface area contributed by atoms with Gasteiger partial charge in [0.15, 0.2) is 0 Å². The zero-order chi connectivity index (χ0) is 11.7. The number of H-pyrrole nitrogens is 1. The van der Waals surface area contributed by atoms with E-state index in [2.05, 4.69) is 15.2 Å². The second-order valence-corrected chi connectivity index (χ2v) is 3.55. The number of aromatic amines is 1. The summed E-state index contributed by atoms with van der Waals surface area (Å²) in [5.41, 5.74) is 11.6. The maximum absolute atomic E-state index is 12.0. The molecule has 2 aromatic rings. The maximum Gasteiger partial charge on any atom is 0.202 e. The van der Waals surface area contributed by atoms with Gasteiger partial charge in [-0.15, -0.1) is 0 Å². The summed E-state index contributed by atoms with van der Waals surface area (Å²) in [6, 6.07) is 1.44. The summed E-state index contributed by atoms with van der Waals surface area (Å²) in [6.07, 6.45) is 2.70. The van der Waals surface area contributed by atoms with Crippen LogP contribution < -0.4 is 11.5 Å². The summed E-state index contributed by atoms with van der Waals surface area (Å²) in [5, 5.41) is 6.45. The number of hydrogen-bond acceptors (Lipinski definition) is 5. The van der Waals surface area contributed by atoms with Gasteiger partial charge in [-0.1, -0.05) is 11.6 Å². The third-order valence-electron chi connectivity index (χ3n) is 2.04. The van der Waals surface area contributed by atoms with E-state index in [1.165, 1.54) is 18.5 Å². The predicted octanol–water partition coefficient (Wildman–Crippen LogP) is 0.854. The number of carbonyl (C=O) groups is 1. The van der Waals surface area contributed by atoms with Crippen LogP contribution in [0.2, 0.25) is 5.02 Å². The van der Waals surface area contributed by atoms with Gasteiger partial charge in [-0.2, -0.15) is 5.10 Å². The molecular formula is C9H8ClN5O. The standard InChI is InChI=1S/C9H8ClN5O/c10-4-1-5(8(11)13-2-4)7(16)6-3-14-15-9(6)12/h1-3H,(H2,11,13)(H3,12,14,15). The Morgan fingerprint density at radius 2 is 2.06 bits per heavy atom. The normalized spacial score (nSPS) is 10.3. The third-order valence-corrected chi connectivity index (χ3v) is 2.25. The van der Waals surface area contributed by atoms with Crippen molar-refractivity contribution >= 4 is 29.0 Å². The Balaban J connectivity index is 2.49. The summed E-state index contributed by atoms with van der Waals surface area (Å²) in [7, 11) is 0. The Hall–Kier alpha value is -2.08. The maximum atomic E-state index is 12.0. The molecule has 0 saturated heterocycles. The topological polar surface area (TPSA) is 111 Å². The number of nitrogens with two attached hydrogens (primary N) is 2. The second-order valence-electron chi connectivity index (χ2n) is 3.11. The van der Waals surface area contributed by atoms with Gasteiger partial charge in [-0.05, 0) is 6.07 Å². The first kappa shape index (κ1) is 10.4. The molecule has 0 bridgehead atoms. The number of nitrogen functional groups attached to an aromatic ring is 2. The van der Waals surface area contributed by atoms with Crippen molar-refractivity contribution in [2.24, 2.45) is 0 Å². The average Bonchev–Trinajstić information content (AvgIpc) is 2.67. The Bertz CT molecular complexity index is 551. The van der Waals surface area contributed by atoms with E-state index in [1.54, 1.807) is 0 Å². The van der Waals surface area contributed by atoms with Gasteiger partial charge < -0.3 is 11.5 Å². The number of halogens is 1. The van der Waals surface area contributed by atoms with Crippen molar-refractivity contribution in [3.05, 3.63) is 34.6 Å². The van der Waals surface area contributed by atoms with E-state index in [-0.39, 0.29) is 28.5 Å². The minimum atomic E-state index is -0.362. The van der Waals surface area contributed by atoms with Gasteiger partial charge >= 0.3 is 0 Å². The zero-order valence-corrected chi connectivity index (χ0v) is 8.82. The fourth-order valence-corrected chi connectivity index (χ4v) is 1.41. The molecule has 6 nitrogen and oxygen atoms in total. The van der Waals surface area contributed by atoms with Crippen molar-refractivity contribution in [2.45, 2.75) is 0 Å². The van der Waals surface area contributed by atoms with E-state index >= 15 is 0 Å². The summed E-state index contributed by atoms with van der Waals surface area (Å²) in [6.45, 7) is 0. The quantitative estimate of drug-likeness (QED) is 0.671. The Morgan fingerprint density at radius 3 is 2.69 bits per heavy atom. The highest BCUT2D eigenvalue weighted by Crippen LogP contribution is 2.20. The summed E-state index contributed by atoms with van der Waals surface area (Å²) in [5.74, 6) is -0.0712. The van der Waals surface area contributed by atoms with Crippen molar-refractivity contribution in [2.75, 3.05) is 11.5 Å². The number of hydrogen-bond donors (Lipinski definition) is 3. The largest absolute Gasteiger partial charge is 0.383 e. The monoisotopic (exact) mass is 237 g/mol. The molecule has 0 amide bonds. The average molecular weight is 238 g/mol. The SMILES string of the molecule is Nc1ncc(Cl)cc1C(=O)c1cn[nH]c1N. The van der Waals surface area contributed by atoms with Crippen molar-refractivity contribution < 1.29 is 4.79 Å². The van der Waals surface area contributed by atoms with Gasteiger partial charge in [0.25, 0.3) is 0 Å². The van der Waals surface area contributed by atoms with E-state index in [1.807, 2.05) is 0 Å². The number of pyridine rings is 1. The predicted molar refractivity (Wildman–Crippen MR) is 60.1 cm³/mol. The fourth-order valence-electron chi connectivity index (χ4n) is 1.25. The Kier molecular flexibility index (Phi) is 2.49. The van der Waals surface area contributed by atoms with Crippen LogP contribution in [0.4, 0.5) is 11.6 Å².